The van der Waals surface area contributed by atoms with Crippen molar-refractivity contribution in [2.75, 3.05) is 6.54 Å². The van der Waals surface area contributed by atoms with Crippen LogP contribution in [0.2, 0.25) is 0 Å². The number of aliphatic imine (C=N–C) groups is 1. The zero-order valence-electron chi connectivity index (χ0n) is 12.5. The van der Waals surface area contributed by atoms with Gasteiger partial charge in [-0.25, -0.2) is 0 Å². The molecule has 4 heteroatoms. The zero-order valence-corrected chi connectivity index (χ0v) is 12.5. The number of rotatable bonds is 6. The Morgan fingerprint density at radius 3 is 2.55 bits per heavy atom. The first-order valence-corrected chi connectivity index (χ1v) is 7.19. The van der Waals surface area contributed by atoms with Gasteiger partial charge in [0.15, 0.2) is 0 Å². The second kappa shape index (κ2) is 7.41. The third kappa shape index (κ3) is 4.19. The molecule has 0 radical (unpaired) electrons. The van der Waals surface area contributed by atoms with Crippen LogP contribution >= 0.6 is 0 Å². The predicted molar refractivity (Wildman–Crippen MR) is 86.7 cm³/mol. The van der Waals surface area contributed by atoms with Crippen LogP contribution in [0.25, 0.3) is 0 Å². The van der Waals surface area contributed by atoms with Crippen LogP contribution in [0.15, 0.2) is 53.5 Å². The number of hydrogen-bond donors (Lipinski definition) is 2. The maximum absolute atomic E-state index is 10.6. The Morgan fingerprint density at radius 1 is 1.14 bits per heavy atom. The molecule has 0 saturated heterocycles. The monoisotopic (exact) mass is 297 g/mol. The summed E-state index contributed by atoms with van der Waals surface area (Å²) in [6.45, 7) is 2.36. The van der Waals surface area contributed by atoms with Crippen molar-refractivity contribution in [1.29, 1.82) is 0 Å². The topological polar surface area (TPSA) is 69.9 Å². The molecule has 0 aliphatic heterocycles. The molecule has 0 aliphatic carbocycles. The summed E-state index contributed by atoms with van der Waals surface area (Å²) in [5, 5.41) is 18.8. The first-order valence-electron chi connectivity index (χ1n) is 7.19. The molecule has 0 saturated carbocycles. The Kier molecular flexibility index (Phi) is 5.31. The number of benzene rings is 2. The van der Waals surface area contributed by atoms with E-state index in [0.29, 0.717) is 24.2 Å². The molecule has 0 atom stereocenters. The molecule has 2 aromatic rings. The lowest BCUT2D eigenvalue weighted by Crippen LogP contribution is -2.06. The zero-order chi connectivity index (χ0) is 15.9. The van der Waals surface area contributed by atoms with Crippen molar-refractivity contribution in [3.8, 4) is 5.75 Å². The van der Waals surface area contributed by atoms with Crippen LogP contribution in [0.3, 0.4) is 0 Å². The average Bonchev–Trinajstić information content (AvgIpc) is 2.51. The van der Waals surface area contributed by atoms with E-state index in [9.17, 15) is 9.90 Å². The molecular weight excluding hydrogens is 278 g/mol. The van der Waals surface area contributed by atoms with Crippen molar-refractivity contribution < 1.29 is 15.0 Å². The van der Waals surface area contributed by atoms with Gasteiger partial charge in [-0.1, -0.05) is 42.0 Å². The van der Waals surface area contributed by atoms with Gasteiger partial charge in [-0.2, -0.15) is 0 Å². The largest absolute Gasteiger partial charge is 0.507 e. The number of carboxylic acids is 1. The highest BCUT2D eigenvalue weighted by Gasteiger charge is 2.11. The molecule has 114 valence electrons. The number of phenolic OH excluding ortho intramolecular Hbond substituents is 1. The number of hydrogen-bond acceptors (Lipinski definition) is 3. The summed E-state index contributed by atoms with van der Waals surface area (Å²) in [5.41, 5.74) is 3.29. The number of aliphatic carboxylic acids is 1. The Balaban J connectivity index is 2.35. The number of phenols is 1. The molecule has 0 aromatic heterocycles. The van der Waals surface area contributed by atoms with Crippen molar-refractivity contribution in [3.05, 3.63) is 65.2 Å². The lowest BCUT2D eigenvalue weighted by Gasteiger charge is -2.10. The van der Waals surface area contributed by atoms with E-state index >= 15 is 0 Å². The summed E-state index contributed by atoms with van der Waals surface area (Å²) in [6.07, 6.45) is 0.559. The van der Waals surface area contributed by atoms with Gasteiger partial charge in [-0.3, -0.25) is 9.79 Å². The number of carboxylic acid groups (broad SMARTS) is 1. The molecule has 22 heavy (non-hydrogen) atoms. The van der Waals surface area contributed by atoms with E-state index < -0.39 is 5.97 Å². The van der Waals surface area contributed by atoms with Crippen molar-refractivity contribution >= 4 is 11.7 Å². The minimum Gasteiger partial charge on any atom is -0.507 e. The van der Waals surface area contributed by atoms with E-state index in [1.807, 2.05) is 49.4 Å². The van der Waals surface area contributed by atoms with E-state index in [4.69, 9.17) is 5.11 Å². The van der Waals surface area contributed by atoms with Crippen LogP contribution in [0.4, 0.5) is 0 Å². The first-order chi connectivity index (χ1) is 10.6. The normalized spacial score (nSPS) is 11.4. The molecule has 2 N–H and O–H groups in total. The second-order valence-corrected chi connectivity index (χ2v) is 5.11. The van der Waals surface area contributed by atoms with Crippen LogP contribution in [0, 0.1) is 6.92 Å². The molecule has 0 spiro atoms. The summed E-state index contributed by atoms with van der Waals surface area (Å²) in [6, 6.07) is 15.0. The van der Waals surface area contributed by atoms with Crippen molar-refractivity contribution in [2.24, 2.45) is 4.99 Å². The SMILES string of the molecule is Cc1ccc(O)c(C(=NCCCC(=O)O)c2ccccc2)c1. The smallest absolute Gasteiger partial charge is 0.303 e. The van der Waals surface area contributed by atoms with Gasteiger partial charge in [0.25, 0.3) is 0 Å². The summed E-state index contributed by atoms with van der Waals surface area (Å²) >= 11 is 0. The van der Waals surface area contributed by atoms with Gasteiger partial charge in [-0.05, 0) is 25.5 Å². The fourth-order valence-electron chi connectivity index (χ4n) is 2.19. The summed E-state index contributed by atoms with van der Waals surface area (Å²) in [7, 11) is 0. The minimum atomic E-state index is -0.824. The van der Waals surface area contributed by atoms with Gasteiger partial charge in [0.2, 0.25) is 0 Å². The number of aryl methyl sites for hydroxylation is 1. The molecule has 0 fully saturated rings. The lowest BCUT2D eigenvalue weighted by molar-refractivity contribution is -0.137. The Labute approximate surface area is 129 Å². The maximum Gasteiger partial charge on any atom is 0.303 e. The molecule has 0 amide bonds. The standard InChI is InChI=1S/C18H19NO3/c1-13-9-10-16(20)15(12-13)18(14-6-3-2-4-7-14)19-11-5-8-17(21)22/h2-4,6-7,9-10,12,20H,5,8,11H2,1H3,(H,21,22). The Hall–Kier alpha value is -2.62. The van der Waals surface area contributed by atoms with E-state index in [2.05, 4.69) is 4.99 Å². The Morgan fingerprint density at radius 2 is 1.86 bits per heavy atom. The first kappa shape index (κ1) is 15.8. The predicted octanol–water partition coefficient (Wildman–Crippen LogP) is 3.40. The van der Waals surface area contributed by atoms with Gasteiger partial charge >= 0.3 is 5.97 Å². The highest BCUT2D eigenvalue weighted by molar-refractivity contribution is 6.14. The Bertz CT molecular complexity index is 678. The van der Waals surface area contributed by atoms with Crippen molar-refractivity contribution in [1.82, 2.24) is 0 Å². The van der Waals surface area contributed by atoms with Gasteiger partial charge in [0.1, 0.15) is 5.75 Å². The van der Waals surface area contributed by atoms with E-state index in [1.165, 1.54) is 0 Å². The van der Waals surface area contributed by atoms with Crippen LogP contribution < -0.4 is 0 Å². The number of nitrogens with zero attached hydrogens (tertiary/aromatic N) is 1. The lowest BCUT2D eigenvalue weighted by atomic mass is 9.99. The van der Waals surface area contributed by atoms with E-state index in [1.54, 1.807) is 6.07 Å². The molecule has 4 nitrogen and oxygen atoms in total. The molecule has 2 aromatic carbocycles. The van der Waals surface area contributed by atoms with Crippen LogP contribution in [-0.2, 0) is 4.79 Å². The van der Waals surface area contributed by atoms with Crippen molar-refractivity contribution in [3.63, 3.8) is 0 Å². The molecule has 0 aliphatic rings. The van der Waals surface area contributed by atoms with Gasteiger partial charge < -0.3 is 10.2 Å². The minimum absolute atomic E-state index is 0.0887. The summed E-state index contributed by atoms with van der Waals surface area (Å²) in [5.74, 6) is -0.652. The molecular formula is C18H19NO3. The third-order valence-electron chi connectivity index (χ3n) is 3.27. The van der Waals surface area contributed by atoms with Gasteiger partial charge in [-0.15, -0.1) is 0 Å². The molecule has 2 rings (SSSR count). The molecule has 0 unspecified atom stereocenters. The highest BCUT2D eigenvalue weighted by atomic mass is 16.4. The third-order valence-corrected chi connectivity index (χ3v) is 3.27. The van der Waals surface area contributed by atoms with Crippen LogP contribution in [-0.4, -0.2) is 28.4 Å². The average molecular weight is 297 g/mol. The van der Waals surface area contributed by atoms with E-state index in [0.717, 1.165) is 11.1 Å². The quantitative estimate of drug-likeness (QED) is 0.634. The van der Waals surface area contributed by atoms with Crippen molar-refractivity contribution in [2.45, 2.75) is 19.8 Å². The summed E-state index contributed by atoms with van der Waals surface area (Å²) in [4.78, 5) is 15.1. The highest BCUT2D eigenvalue weighted by Crippen LogP contribution is 2.22. The second-order valence-electron chi connectivity index (χ2n) is 5.11. The van der Waals surface area contributed by atoms with Gasteiger partial charge in [0, 0.05) is 24.1 Å². The fraction of sp³-hybridized carbons (Fsp3) is 0.222. The maximum atomic E-state index is 10.6. The molecule has 0 heterocycles. The number of aromatic hydroxyl groups is 1. The molecule has 0 bridgehead atoms. The fourth-order valence-corrected chi connectivity index (χ4v) is 2.19. The summed E-state index contributed by atoms with van der Waals surface area (Å²) < 4.78 is 0. The van der Waals surface area contributed by atoms with Crippen LogP contribution in [0.5, 0.6) is 5.75 Å². The van der Waals surface area contributed by atoms with E-state index in [-0.39, 0.29) is 12.2 Å². The van der Waals surface area contributed by atoms with Crippen LogP contribution in [0.1, 0.15) is 29.5 Å². The number of carbonyl (C=O) groups is 1. The van der Waals surface area contributed by atoms with Gasteiger partial charge in [0.05, 0.1) is 5.71 Å².